The van der Waals surface area contributed by atoms with E-state index >= 15 is 0 Å². The first-order valence-corrected chi connectivity index (χ1v) is 15.0. The highest BCUT2D eigenvalue weighted by Crippen LogP contribution is 2.49. The van der Waals surface area contributed by atoms with Gasteiger partial charge in [-0.15, -0.1) is 11.3 Å². The van der Waals surface area contributed by atoms with E-state index in [1.165, 1.54) is 15.0 Å². The van der Waals surface area contributed by atoms with Crippen LogP contribution >= 0.6 is 24.0 Å². The summed E-state index contributed by atoms with van der Waals surface area (Å²) in [5.41, 5.74) is 4.42. The molecule has 40 heavy (non-hydrogen) atoms. The SMILES string of the molecule is C1=CNC1.COc1ccc(C)c(C(=O)NC2(c3cc(-c4cc5ccccc5s4)cc4ncccc34)CC2)c1.CS. The Kier molecular flexibility index (Phi) is 8.43. The number of hydrogen-bond acceptors (Lipinski definition) is 6. The monoisotopic (exact) mass is 567 g/mol. The topological polar surface area (TPSA) is 63.2 Å². The van der Waals surface area contributed by atoms with E-state index in [0.717, 1.165) is 47.0 Å². The first-order chi connectivity index (χ1) is 19.6. The fraction of sp³-hybridized carbons (Fsp3) is 0.212. The molecule has 7 rings (SSSR count). The zero-order chi connectivity index (χ0) is 28.1. The summed E-state index contributed by atoms with van der Waals surface area (Å²) in [5.74, 6) is 0.611. The number of carbonyl (C=O) groups is 1. The lowest BCUT2D eigenvalue weighted by molar-refractivity contribution is 0.0930. The molecule has 0 unspecified atom stereocenters. The smallest absolute Gasteiger partial charge is 0.252 e. The molecular weight excluding hydrogens is 535 g/mol. The van der Waals surface area contributed by atoms with Gasteiger partial charge in [-0.25, -0.2) is 0 Å². The van der Waals surface area contributed by atoms with E-state index in [-0.39, 0.29) is 11.4 Å². The number of pyridine rings is 1. The van der Waals surface area contributed by atoms with Gasteiger partial charge in [0, 0.05) is 33.3 Å². The van der Waals surface area contributed by atoms with Gasteiger partial charge in [0.15, 0.2) is 0 Å². The van der Waals surface area contributed by atoms with Crippen molar-refractivity contribution in [3.63, 3.8) is 0 Å². The molecule has 5 aromatic rings. The van der Waals surface area contributed by atoms with E-state index in [1.807, 2.05) is 43.6 Å². The largest absolute Gasteiger partial charge is 0.497 e. The molecule has 0 spiro atoms. The highest BCUT2D eigenvalue weighted by molar-refractivity contribution is 7.79. The van der Waals surface area contributed by atoms with Crippen molar-refractivity contribution in [2.24, 2.45) is 0 Å². The van der Waals surface area contributed by atoms with Crippen LogP contribution in [0.5, 0.6) is 5.75 Å². The number of fused-ring (bicyclic) bond motifs is 2. The summed E-state index contributed by atoms with van der Waals surface area (Å²) in [7, 11) is 1.62. The second-order valence-corrected chi connectivity index (χ2v) is 10.9. The van der Waals surface area contributed by atoms with E-state index < -0.39 is 0 Å². The zero-order valence-electron chi connectivity index (χ0n) is 22.9. The molecule has 1 fully saturated rings. The predicted molar refractivity (Wildman–Crippen MR) is 171 cm³/mol. The fourth-order valence-corrected chi connectivity index (χ4v) is 5.86. The van der Waals surface area contributed by atoms with Crippen molar-refractivity contribution in [1.82, 2.24) is 15.6 Å². The van der Waals surface area contributed by atoms with Gasteiger partial charge < -0.3 is 15.4 Å². The minimum absolute atomic E-state index is 0.0711. The first kappa shape index (κ1) is 27.7. The maximum atomic E-state index is 13.4. The van der Waals surface area contributed by atoms with Crippen molar-refractivity contribution < 1.29 is 9.53 Å². The average molecular weight is 568 g/mol. The molecule has 1 aliphatic carbocycles. The molecule has 2 N–H and O–H groups in total. The van der Waals surface area contributed by atoms with Gasteiger partial charge in [-0.1, -0.05) is 30.3 Å². The molecule has 5 nitrogen and oxygen atoms in total. The lowest BCUT2D eigenvalue weighted by Crippen LogP contribution is -2.35. The number of benzene rings is 3. The number of thiophene rings is 1. The number of nitrogens with zero attached hydrogens (tertiary/aromatic N) is 1. The van der Waals surface area contributed by atoms with Crippen molar-refractivity contribution in [3.05, 3.63) is 108 Å². The molecule has 2 aromatic heterocycles. The summed E-state index contributed by atoms with van der Waals surface area (Å²) < 4.78 is 6.62. The van der Waals surface area contributed by atoms with E-state index in [4.69, 9.17) is 4.74 Å². The molecule has 3 aromatic carbocycles. The van der Waals surface area contributed by atoms with E-state index in [9.17, 15) is 4.79 Å². The average Bonchev–Trinajstić information content (AvgIpc) is 3.60. The number of aryl methyl sites for hydroxylation is 1. The fourth-order valence-electron chi connectivity index (χ4n) is 4.81. The summed E-state index contributed by atoms with van der Waals surface area (Å²) in [5, 5.41) is 8.64. The van der Waals surface area contributed by atoms with Crippen molar-refractivity contribution >= 4 is 50.9 Å². The lowest BCUT2D eigenvalue weighted by atomic mass is 9.95. The van der Waals surface area contributed by atoms with Gasteiger partial charge in [-0.3, -0.25) is 9.78 Å². The zero-order valence-corrected chi connectivity index (χ0v) is 24.6. The summed E-state index contributed by atoms with van der Waals surface area (Å²) in [6, 6.07) is 24.8. The Morgan fingerprint density at radius 1 is 1.05 bits per heavy atom. The van der Waals surface area contributed by atoms with Gasteiger partial charge in [0.25, 0.3) is 5.91 Å². The number of thiol groups is 1. The van der Waals surface area contributed by atoms with Crippen LogP contribution in [0, 0.1) is 6.92 Å². The summed E-state index contributed by atoms with van der Waals surface area (Å²) in [6.45, 7) is 3.02. The first-order valence-electron chi connectivity index (χ1n) is 13.2. The molecule has 1 saturated carbocycles. The number of rotatable bonds is 5. The van der Waals surface area contributed by atoms with Crippen molar-refractivity contribution in [2.75, 3.05) is 19.9 Å². The Bertz CT molecular complexity index is 1650. The minimum Gasteiger partial charge on any atom is -0.497 e. The van der Waals surface area contributed by atoms with Crippen molar-refractivity contribution in [2.45, 2.75) is 25.3 Å². The standard InChI is InChI=1S/C29H24N2O2S.C3H5N.CH4S/c1-18-9-10-21(33-2)17-23(18)28(32)31-29(11-12-29)24-14-20(15-25-22(24)7-5-13-30-25)27-16-19-6-3-4-8-26(19)34-27;1-2-4-3-1;1-2/h3-10,13-17H,11-12H2,1-2H3,(H,31,32);1-2,4H,3H2;2H,1H3. The molecule has 0 atom stereocenters. The van der Waals surface area contributed by atoms with Crippen LogP contribution in [0.3, 0.4) is 0 Å². The van der Waals surface area contributed by atoms with Gasteiger partial charge in [0.1, 0.15) is 5.75 Å². The summed E-state index contributed by atoms with van der Waals surface area (Å²) in [4.78, 5) is 19.3. The molecule has 2 aliphatic rings. The third-order valence-electron chi connectivity index (χ3n) is 7.21. The number of ether oxygens (including phenoxy) is 1. The van der Waals surface area contributed by atoms with Crippen molar-refractivity contribution in [3.8, 4) is 16.2 Å². The number of amides is 1. The van der Waals surface area contributed by atoms with Crippen molar-refractivity contribution in [1.29, 1.82) is 0 Å². The third kappa shape index (κ3) is 5.71. The Balaban J connectivity index is 0.000000487. The highest BCUT2D eigenvalue weighted by atomic mass is 32.1. The predicted octanol–water partition coefficient (Wildman–Crippen LogP) is 7.50. The Hall–Kier alpha value is -3.81. The molecule has 0 radical (unpaired) electrons. The molecule has 1 amide bonds. The Morgan fingerprint density at radius 3 is 2.48 bits per heavy atom. The van der Waals surface area contributed by atoms with Crippen LogP contribution < -0.4 is 15.4 Å². The van der Waals surface area contributed by atoms with E-state index in [1.54, 1.807) is 24.7 Å². The molecule has 1 aliphatic heterocycles. The maximum absolute atomic E-state index is 13.4. The number of methoxy groups -OCH3 is 1. The molecular formula is C33H33N3O2S2. The number of carbonyl (C=O) groups excluding carboxylic acids is 1. The van der Waals surface area contributed by atoms with E-state index in [2.05, 4.69) is 82.9 Å². The van der Waals surface area contributed by atoms with Crippen LogP contribution in [0.25, 0.3) is 31.4 Å². The van der Waals surface area contributed by atoms with Gasteiger partial charge in [-0.05, 0) is 103 Å². The van der Waals surface area contributed by atoms with Crippen LogP contribution in [-0.4, -0.2) is 30.8 Å². The third-order valence-corrected chi connectivity index (χ3v) is 8.38. The number of aromatic nitrogens is 1. The van der Waals surface area contributed by atoms with Crippen LogP contribution in [0.2, 0.25) is 0 Å². The van der Waals surface area contributed by atoms with E-state index in [0.29, 0.717) is 11.3 Å². The quantitative estimate of drug-likeness (QED) is 0.193. The molecule has 7 heteroatoms. The van der Waals surface area contributed by atoms with Gasteiger partial charge >= 0.3 is 0 Å². The molecule has 0 saturated heterocycles. The van der Waals surface area contributed by atoms with Crippen LogP contribution in [0.15, 0.2) is 91.3 Å². The highest BCUT2D eigenvalue weighted by Gasteiger charge is 2.47. The van der Waals surface area contributed by atoms with Gasteiger partial charge in [0.05, 0.1) is 18.2 Å². The normalized spacial score (nSPS) is 14.1. The molecule has 204 valence electrons. The maximum Gasteiger partial charge on any atom is 0.252 e. The van der Waals surface area contributed by atoms with Crippen LogP contribution in [-0.2, 0) is 5.54 Å². The minimum atomic E-state index is -0.388. The lowest BCUT2D eigenvalue weighted by Gasteiger charge is -2.22. The van der Waals surface area contributed by atoms with Crippen LogP contribution in [0.4, 0.5) is 0 Å². The van der Waals surface area contributed by atoms with Gasteiger partial charge in [0.2, 0.25) is 0 Å². The number of hydrogen-bond donors (Lipinski definition) is 3. The molecule has 3 heterocycles. The Morgan fingerprint density at radius 2 is 1.80 bits per heavy atom. The van der Waals surface area contributed by atoms with Crippen LogP contribution in [0.1, 0.15) is 34.3 Å². The second kappa shape index (κ2) is 12.1. The Labute approximate surface area is 244 Å². The van der Waals surface area contributed by atoms with Gasteiger partial charge in [-0.2, -0.15) is 12.6 Å². The number of nitrogens with one attached hydrogen (secondary N) is 2. The summed E-state index contributed by atoms with van der Waals surface area (Å²) >= 11 is 5.31. The summed E-state index contributed by atoms with van der Waals surface area (Å²) in [6.07, 6.45) is 9.34. The second-order valence-electron chi connectivity index (χ2n) is 9.77. The molecule has 0 bridgehead atoms.